The monoisotopic (exact) mass is 348 g/mol. The molecule has 1 aromatic rings. The number of H-pyrrole nitrogens is 1. The van der Waals surface area contributed by atoms with Crippen molar-refractivity contribution in [3.8, 4) is 0 Å². The SMILES string of the molecule is Cc1n[nH]c(C)c1CNC1=NCC2CN(C(=O)OC(C)(C)C)CCN12. The second-order valence-corrected chi connectivity index (χ2v) is 7.70. The van der Waals surface area contributed by atoms with Crippen molar-refractivity contribution in [2.24, 2.45) is 4.99 Å². The van der Waals surface area contributed by atoms with Crippen LogP contribution < -0.4 is 5.32 Å². The highest BCUT2D eigenvalue weighted by Crippen LogP contribution is 2.19. The first-order chi connectivity index (χ1) is 11.7. The fourth-order valence-corrected chi connectivity index (χ4v) is 3.22. The highest BCUT2D eigenvalue weighted by atomic mass is 16.6. The van der Waals surface area contributed by atoms with Gasteiger partial charge in [-0.15, -0.1) is 0 Å². The second kappa shape index (κ2) is 6.57. The molecule has 2 aliphatic rings. The number of aryl methyl sites for hydroxylation is 2. The average Bonchev–Trinajstić information content (AvgIpc) is 3.07. The molecule has 3 heterocycles. The lowest BCUT2D eigenvalue weighted by Crippen LogP contribution is -2.57. The van der Waals surface area contributed by atoms with E-state index in [1.165, 1.54) is 5.56 Å². The third-order valence-electron chi connectivity index (χ3n) is 4.56. The highest BCUT2D eigenvalue weighted by molar-refractivity contribution is 5.82. The van der Waals surface area contributed by atoms with Crippen molar-refractivity contribution in [3.05, 3.63) is 17.0 Å². The molecule has 3 rings (SSSR count). The molecule has 1 unspecified atom stereocenters. The number of guanidine groups is 1. The Bertz CT molecular complexity index is 656. The van der Waals surface area contributed by atoms with Crippen LogP contribution in [0.1, 0.15) is 37.7 Å². The van der Waals surface area contributed by atoms with E-state index in [0.29, 0.717) is 26.2 Å². The number of amides is 1. The topological polar surface area (TPSA) is 85.8 Å². The number of fused-ring (bicyclic) bond motifs is 1. The van der Waals surface area contributed by atoms with Crippen LogP contribution in [0.3, 0.4) is 0 Å². The Hall–Kier alpha value is -2.25. The average molecular weight is 348 g/mol. The third-order valence-corrected chi connectivity index (χ3v) is 4.56. The molecule has 0 aromatic carbocycles. The van der Waals surface area contributed by atoms with Gasteiger partial charge in [-0.1, -0.05) is 0 Å². The molecule has 0 aliphatic carbocycles. The zero-order valence-corrected chi connectivity index (χ0v) is 15.7. The Morgan fingerprint density at radius 1 is 1.36 bits per heavy atom. The smallest absolute Gasteiger partial charge is 0.410 e. The maximum Gasteiger partial charge on any atom is 0.410 e. The van der Waals surface area contributed by atoms with Crippen molar-refractivity contribution in [1.82, 2.24) is 25.3 Å². The minimum absolute atomic E-state index is 0.218. The molecule has 8 nitrogen and oxygen atoms in total. The van der Waals surface area contributed by atoms with Gasteiger partial charge in [0.15, 0.2) is 5.96 Å². The summed E-state index contributed by atoms with van der Waals surface area (Å²) in [6.45, 7) is 13.2. The van der Waals surface area contributed by atoms with E-state index < -0.39 is 5.60 Å². The molecule has 1 aromatic heterocycles. The number of aromatic amines is 1. The molecule has 1 saturated heterocycles. The van der Waals surface area contributed by atoms with Crippen LogP contribution in [-0.2, 0) is 11.3 Å². The van der Waals surface area contributed by atoms with E-state index in [0.717, 1.165) is 23.9 Å². The van der Waals surface area contributed by atoms with E-state index in [9.17, 15) is 4.79 Å². The largest absolute Gasteiger partial charge is 0.444 e. The molecule has 0 radical (unpaired) electrons. The number of nitrogens with one attached hydrogen (secondary N) is 2. The third kappa shape index (κ3) is 3.88. The molecule has 2 aliphatic heterocycles. The molecule has 25 heavy (non-hydrogen) atoms. The van der Waals surface area contributed by atoms with Crippen molar-refractivity contribution in [1.29, 1.82) is 0 Å². The van der Waals surface area contributed by atoms with Gasteiger partial charge in [0.05, 0.1) is 18.3 Å². The summed E-state index contributed by atoms with van der Waals surface area (Å²) in [6, 6.07) is 0.218. The molecule has 0 bridgehead atoms. The number of hydrogen-bond donors (Lipinski definition) is 2. The van der Waals surface area contributed by atoms with E-state index in [-0.39, 0.29) is 12.1 Å². The molecule has 138 valence electrons. The minimum Gasteiger partial charge on any atom is -0.444 e. The lowest BCUT2D eigenvalue weighted by atomic mass is 10.2. The fourth-order valence-electron chi connectivity index (χ4n) is 3.22. The maximum absolute atomic E-state index is 12.3. The van der Waals surface area contributed by atoms with Gasteiger partial charge in [0.1, 0.15) is 5.60 Å². The van der Waals surface area contributed by atoms with Crippen molar-refractivity contribution in [3.63, 3.8) is 0 Å². The maximum atomic E-state index is 12.3. The zero-order valence-electron chi connectivity index (χ0n) is 15.7. The Morgan fingerprint density at radius 2 is 2.12 bits per heavy atom. The van der Waals surface area contributed by atoms with Crippen LogP contribution in [-0.4, -0.2) is 69.9 Å². The van der Waals surface area contributed by atoms with Gasteiger partial charge in [-0.3, -0.25) is 10.1 Å². The Labute approximate surface area is 148 Å². The molecule has 8 heteroatoms. The standard InChI is InChI=1S/C17H28N6O2/c1-11-14(12(2)21-20-11)9-19-15-18-8-13-10-22(6-7-23(13)15)16(24)25-17(3,4)5/h13H,6-10H2,1-5H3,(H,18,19)(H,20,21). The summed E-state index contributed by atoms with van der Waals surface area (Å²) in [4.78, 5) is 20.9. The number of carbonyl (C=O) groups excluding carboxylic acids is 1. The van der Waals surface area contributed by atoms with Crippen molar-refractivity contribution >= 4 is 12.1 Å². The van der Waals surface area contributed by atoms with Gasteiger partial charge in [0.25, 0.3) is 0 Å². The zero-order chi connectivity index (χ0) is 18.2. The number of ether oxygens (including phenoxy) is 1. The first-order valence-corrected chi connectivity index (χ1v) is 8.78. The van der Waals surface area contributed by atoms with Gasteiger partial charge in [-0.2, -0.15) is 5.10 Å². The fraction of sp³-hybridized carbons (Fsp3) is 0.706. The Morgan fingerprint density at radius 3 is 2.76 bits per heavy atom. The summed E-state index contributed by atoms with van der Waals surface area (Å²) >= 11 is 0. The molecule has 1 atom stereocenters. The highest BCUT2D eigenvalue weighted by Gasteiger charge is 2.36. The van der Waals surface area contributed by atoms with Gasteiger partial charge < -0.3 is 19.9 Å². The minimum atomic E-state index is -0.465. The van der Waals surface area contributed by atoms with Gasteiger partial charge in [0, 0.05) is 37.4 Å². The van der Waals surface area contributed by atoms with Crippen LogP contribution >= 0.6 is 0 Å². The summed E-state index contributed by atoms with van der Waals surface area (Å²) < 4.78 is 5.48. The Balaban J connectivity index is 1.55. The van der Waals surface area contributed by atoms with Gasteiger partial charge in [-0.25, -0.2) is 4.79 Å². The number of hydrogen-bond acceptors (Lipinski definition) is 6. The number of rotatable bonds is 2. The van der Waals surface area contributed by atoms with E-state index >= 15 is 0 Å². The summed E-state index contributed by atoms with van der Waals surface area (Å²) in [5.41, 5.74) is 2.80. The molecule has 1 amide bonds. The number of piperazine rings is 1. The summed E-state index contributed by atoms with van der Waals surface area (Å²) in [5.74, 6) is 0.911. The predicted molar refractivity (Wildman–Crippen MR) is 95.5 cm³/mol. The van der Waals surface area contributed by atoms with Crippen LogP contribution in [0.4, 0.5) is 4.79 Å². The van der Waals surface area contributed by atoms with Crippen LogP contribution in [0.5, 0.6) is 0 Å². The summed E-state index contributed by atoms with van der Waals surface area (Å²) in [6.07, 6.45) is -0.238. The first-order valence-electron chi connectivity index (χ1n) is 8.78. The summed E-state index contributed by atoms with van der Waals surface area (Å²) in [5, 5.41) is 10.7. The quantitative estimate of drug-likeness (QED) is 0.844. The van der Waals surface area contributed by atoms with E-state index in [1.807, 2.05) is 34.6 Å². The number of aromatic nitrogens is 2. The van der Waals surface area contributed by atoms with Gasteiger partial charge in [0.2, 0.25) is 0 Å². The lowest BCUT2D eigenvalue weighted by molar-refractivity contribution is 0.0137. The van der Waals surface area contributed by atoms with Crippen LogP contribution in [0.2, 0.25) is 0 Å². The van der Waals surface area contributed by atoms with E-state index in [4.69, 9.17) is 4.74 Å². The lowest BCUT2D eigenvalue weighted by Gasteiger charge is -2.39. The molecule has 0 spiro atoms. The molecule has 1 fully saturated rings. The van der Waals surface area contributed by atoms with Gasteiger partial charge in [-0.05, 0) is 34.6 Å². The predicted octanol–water partition coefficient (Wildman–Crippen LogP) is 1.41. The Kier molecular flexibility index (Phi) is 4.62. The second-order valence-electron chi connectivity index (χ2n) is 7.70. The molecule has 2 N–H and O–H groups in total. The molecular formula is C17H28N6O2. The van der Waals surface area contributed by atoms with E-state index in [1.54, 1.807) is 4.90 Å². The van der Waals surface area contributed by atoms with Crippen LogP contribution in [0.25, 0.3) is 0 Å². The van der Waals surface area contributed by atoms with Crippen LogP contribution in [0, 0.1) is 13.8 Å². The van der Waals surface area contributed by atoms with Crippen molar-refractivity contribution < 1.29 is 9.53 Å². The molecule has 0 saturated carbocycles. The van der Waals surface area contributed by atoms with Crippen molar-refractivity contribution in [2.75, 3.05) is 26.2 Å². The number of carbonyl (C=O) groups is 1. The molecular weight excluding hydrogens is 320 g/mol. The van der Waals surface area contributed by atoms with Gasteiger partial charge >= 0.3 is 6.09 Å². The normalized spacial score (nSPS) is 20.4. The van der Waals surface area contributed by atoms with Crippen LogP contribution in [0.15, 0.2) is 4.99 Å². The summed E-state index contributed by atoms with van der Waals surface area (Å²) in [7, 11) is 0. The van der Waals surface area contributed by atoms with Crippen molar-refractivity contribution in [2.45, 2.75) is 52.8 Å². The van der Waals surface area contributed by atoms with E-state index in [2.05, 4.69) is 25.4 Å². The first kappa shape index (κ1) is 17.6. The number of nitrogens with zero attached hydrogens (tertiary/aromatic N) is 4. The number of aliphatic imine (C=N–C) groups is 1.